The van der Waals surface area contributed by atoms with Gasteiger partial charge in [0.05, 0.1) is 18.4 Å². The lowest BCUT2D eigenvalue weighted by molar-refractivity contribution is 0.298. The van der Waals surface area contributed by atoms with Crippen molar-refractivity contribution in [2.45, 2.75) is 20.3 Å². The summed E-state index contributed by atoms with van der Waals surface area (Å²) in [5.74, 6) is 0.850. The Kier molecular flexibility index (Phi) is 3.99. The van der Waals surface area contributed by atoms with Gasteiger partial charge >= 0.3 is 0 Å². The van der Waals surface area contributed by atoms with Crippen molar-refractivity contribution in [1.82, 2.24) is 4.98 Å². The quantitative estimate of drug-likeness (QED) is 0.922. The molecular weight excluding hydrogens is 246 g/mol. The van der Waals surface area contributed by atoms with Crippen LogP contribution in [-0.4, -0.2) is 23.8 Å². The van der Waals surface area contributed by atoms with E-state index in [-0.39, 0.29) is 6.61 Å². The Morgan fingerprint density at radius 3 is 2.67 bits per heavy atom. The van der Waals surface area contributed by atoms with Crippen LogP contribution < -0.4 is 4.74 Å². The number of benzene rings is 1. The van der Waals surface area contributed by atoms with Gasteiger partial charge in [0.2, 0.25) is 0 Å². The van der Waals surface area contributed by atoms with Gasteiger partial charge in [-0.1, -0.05) is 0 Å². The standard InChI is InChI=1S/C14H17NO2S/c1-9-6-12(13(17-3)7-10(9)2)14-15-11(4-5-16)8-18-14/h6-8,16H,4-5H2,1-3H3. The van der Waals surface area contributed by atoms with Gasteiger partial charge in [-0.3, -0.25) is 0 Å². The minimum absolute atomic E-state index is 0.132. The maximum Gasteiger partial charge on any atom is 0.129 e. The zero-order valence-corrected chi connectivity index (χ0v) is 11.7. The fraction of sp³-hybridized carbons (Fsp3) is 0.357. The number of ether oxygens (including phenoxy) is 1. The molecule has 2 aromatic rings. The molecule has 0 atom stereocenters. The topological polar surface area (TPSA) is 42.4 Å². The van der Waals surface area contributed by atoms with Crippen LogP contribution in [0.2, 0.25) is 0 Å². The number of hydrogen-bond donors (Lipinski definition) is 1. The largest absolute Gasteiger partial charge is 0.496 e. The maximum absolute atomic E-state index is 8.92. The van der Waals surface area contributed by atoms with Gasteiger partial charge in [-0.25, -0.2) is 4.98 Å². The number of rotatable bonds is 4. The van der Waals surface area contributed by atoms with Gasteiger partial charge in [0.25, 0.3) is 0 Å². The van der Waals surface area contributed by atoms with Crippen molar-refractivity contribution in [3.8, 4) is 16.3 Å². The zero-order chi connectivity index (χ0) is 13.1. The second-order valence-electron chi connectivity index (χ2n) is 4.25. The normalized spacial score (nSPS) is 10.7. The van der Waals surface area contributed by atoms with Gasteiger partial charge < -0.3 is 9.84 Å². The number of thiazole rings is 1. The van der Waals surface area contributed by atoms with Crippen molar-refractivity contribution in [3.63, 3.8) is 0 Å². The first-order valence-electron chi connectivity index (χ1n) is 5.86. The Morgan fingerprint density at radius 1 is 1.28 bits per heavy atom. The average molecular weight is 263 g/mol. The van der Waals surface area contributed by atoms with Crippen molar-refractivity contribution < 1.29 is 9.84 Å². The molecule has 4 heteroatoms. The van der Waals surface area contributed by atoms with E-state index in [1.54, 1.807) is 18.4 Å². The van der Waals surface area contributed by atoms with Crippen LogP contribution >= 0.6 is 11.3 Å². The van der Waals surface area contributed by atoms with E-state index in [4.69, 9.17) is 9.84 Å². The van der Waals surface area contributed by atoms with Crippen molar-refractivity contribution >= 4 is 11.3 Å². The van der Waals surface area contributed by atoms with Gasteiger partial charge in [0.1, 0.15) is 10.8 Å². The lowest BCUT2D eigenvalue weighted by Gasteiger charge is -2.09. The molecule has 2 rings (SSSR count). The van der Waals surface area contributed by atoms with Gasteiger partial charge in [-0.05, 0) is 37.1 Å². The predicted molar refractivity (Wildman–Crippen MR) is 74.4 cm³/mol. The summed E-state index contributed by atoms with van der Waals surface area (Å²) >= 11 is 1.58. The monoisotopic (exact) mass is 263 g/mol. The molecule has 0 radical (unpaired) electrons. The summed E-state index contributed by atoms with van der Waals surface area (Å²) in [5.41, 5.74) is 4.39. The highest BCUT2D eigenvalue weighted by Crippen LogP contribution is 2.34. The Hall–Kier alpha value is -1.39. The number of aryl methyl sites for hydroxylation is 2. The fourth-order valence-electron chi connectivity index (χ4n) is 1.79. The van der Waals surface area contributed by atoms with Gasteiger partial charge in [0, 0.05) is 18.4 Å². The molecule has 18 heavy (non-hydrogen) atoms. The summed E-state index contributed by atoms with van der Waals surface area (Å²) in [7, 11) is 1.68. The molecule has 0 saturated carbocycles. The minimum Gasteiger partial charge on any atom is -0.496 e. The smallest absolute Gasteiger partial charge is 0.129 e. The number of aliphatic hydroxyl groups excluding tert-OH is 1. The highest BCUT2D eigenvalue weighted by Gasteiger charge is 2.12. The van der Waals surface area contributed by atoms with Crippen LogP contribution in [0.5, 0.6) is 5.75 Å². The van der Waals surface area contributed by atoms with Crippen molar-refractivity contribution in [1.29, 1.82) is 0 Å². The first-order chi connectivity index (χ1) is 8.65. The number of methoxy groups -OCH3 is 1. The van der Waals surface area contributed by atoms with Crippen LogP contribution in [0.25, 0.3) is 10.6 Å². The summed E-state index contributed by atoms with van der Waals surface area (Å²) in [6.45, 7) is 4.29. The van der Waals surface area contributed by atoms with E-state index in [0.717, 1.165) is 22.0 Å². The van der Waals surface area contributed by atoms with E-state index in [1.165, 1.54) is 11.1 Å². The minimum atomic E-state index is 0.132. The van der Waals surface area contributed by atoms with E-state index >= 15 is 0 Å². The van der Waals surface area contributed by atoms with Crippen LogP contribution in [0.1, 0.15) is 16.8 Å². The summed E-state index contributed by atoms with van der Waals surface area (Å²) < 4.78 is 5.42. The Balaban J connectivity index is 2.45. The van der Waals surface area contributed by atoms with Crippen LogP contribution in [-0.2, 0) is 6.42 Å². The highest BCUT2D eigenvalue weighted by molar-refractivity contribution is 7.13. The second kappa shape index (κ2) is 5.50. The zero-order valence-electron chi connectivity index (χ0n) is 10.9. The van der Waals surface area contributed by atoms with Crippen molar-refractivity contribution in [3.05, 3.63) is 34.3 Å². The third-order valence-electron chi connectivity index (χ3n) is 2.97. The molecule has 0 unspecified atom stereocenters. The number of hydrogen-bond acceptors (Lipinski definition) is 4. The van der Waals surface area contributed by atoms with Crippen molar-refractivity contribution in [2.24, 2.45) is 0 Å². The molecule has 1 aromatic heterocycles. The summed E-state index contributed by atoms with van der Waals surface area (Å²) in [6, 6.07) is 4.15. The lowest BCUT2D eigenvalue weighted by atomic mass is 10.1. The molecule has 3 nitrogen and oxygen atoms in total. The molecule has 0 bridgehead atoms. The van der Waals surface area contributed by atoms with Gasteiger partial charge in [0.15, 0.2) is 0 Å². The maximum atomic E-state index is 8.92. The molecule has 1 N–H and O–H groups in total. The van der Waals surface area contributed by atoms with Crippen LogP contribution in [0.4, 0.5) is 0 Å². The van der Waals surface area contributed by atoms with E-state index in [1.807, 2.05) is 11.4 Å². The Labute approximate surface area is 111 Å². The highest BCUT2D eigenvalue weighted by atomic mass is 32.1. The molecule has 96 valence electrons. The molecule has 1 heterocycles. The molecule has 0 aliphatic heterocycles. The Morgan fingerprint density at radius 2 is 2.00 bits per heavy atom. The number of aliphatic hydroxyl groups is 1. The summed E-state index contributed by atoms with van der Waals surface area (Å²) in [4.78, 5) is 4.53. The van der Waals surface area contributed by atoms with E-state index in [0.29, 0.717) is 6.42 Å². The van der Waals surface area contributed by atoms with Gasteiger partial charge in [-0.15, -0.1) is 11.3 Å². The van der Waals surface area contributed by atoms with E-state index < -0.39 is 0 Å². The fourth-order valence-corrected chi connectivity index (χ4v) is 2.66. The summed E-state index contributed by atoms with van der Waals surface area (Å²) in [6.07, 6.45) is 0.601. The van der Waals surface area contributed by atoms with Crippen LogP contribution in [0.3, 0.4) is 0 Å². The SMILES string of the molecule is COc1cc(C)c(C)cc1-c1nc(CCO)cs1. The van der Waals surface area contributed by atoms with E-state index in [2.05, 4.69) is 24.9 Å². The third kappa shape index (κ3) is 2.54. The lowest BCUT2D eigenvalue weighted by Crippen LogP contribution is -1.93. The molecular formula is C14H17NO2S. The molecule has 1 aromatic carbocycles. The molecule has 0 amide bonds. The second-order valence-corrected chi connectivity index (χ2v) is 5.11. The van der Waals surface area contributed by atoms with E-state index in [9.17, 15) is 0 Å². The first kappa shape index (κ1) is 13.1. The van der Waals surface area contributed by atoms with Crippen molar-refractivity contribution in [2.75, 3.05) is 13.7 Å². The average Bonchev–Trinajstić information content (AvgIpc) is 2.81. The molecule has 0 saturated heterocycles. The van der Waals surface area contributed by atoms with Gasteiger partial charge in [-0.2, -0.15) is 0 Å². The molecule has 0 aliphatic rings. The van der Waals surface area contributed by atoms with Crippen LogP contribution in [0, 0.1) is 13.8 Å². The first-order valence-corrected chi connectivity index (χ1v) is 6.74. The Bertz CT molecular complexity index is 549. The molecule has 0 fully saturated rings. The third-order valence-corrected chi connectivity index (χ3v) is 3.89. The predicted octanol–water partition coefficient (Wildman–Crippen LogP) is 2.97. The number of nitrogens with zero attached hydrogens (tertiary/aromatic N) is 1. The summed E-state index contributed by atoms with van der Waals surface area (Å²) in [5, 5.41) is 11.8. The molecule has 0 aliphatic carbocycles. The molecule has 0 spiro atoms. The number of aromatic nitrogens is 1. The van der Waals surface area contributed by atoms with Crippen LogP contribution in [0.15, 0.2) is 17.5 Å².